The Morgan fingerprint density at radius 2 is 1.75 bits per heavy atom. The van der Waals surface area contributed by atoms with Crippen LogP contribution in [0.25, 0.3) is 22.4 Å². The van der Waals surface area contributed by atoms with Gasteiger partial charge in [-0.25, -0.2) is 0 Å². The second kappa shape index (κ2) is 11.2. The highest BCUT2D eigenvalue weighted by molar-refractivity contribution is 7.15. The van der Waals surface area contributed by atoms with E-state index in [1.807, 2.05) is 36.4 Å². The first-order chi connectivity index (χ1) is 17.3. The average Bonchev–Trinajstić information content (AvgIpc) is 3.40. The lowest BCUT2D eigenvalue weighted by Crippen LogP contribution is -2.23. The molecule has 190 valence electrons. The summed E-state index contributed by atoms with van der Waals surface area (Å²) < 4.78 is 13.4. The summed E-state index contributed by atoms with van der Waals surface area (Å²) >= 11 is 1.33. The van der Waals surface area contributed by atoms with Crippen LogP contribution in [0.1, 0.15) is 70.9 Å². The molecule has 0 amide bonds. The van der Waals surface area contributed by atoms with Crippen molar-refractivity contribution in [3.05, 3.63) is 68.5 Å². The van der Waals surface area contributed by atoms with Crippen molar-refractivity contribution in [2.24, 2.45) is 0 Å². The SMILES string of the molecule is CCCCCCCOc1ccc(/C=c2\sc3nc(-c4ccc(C(C)(C)C)cc4)nn3c2=O)cc1OC. The van der Waals surface area contributed by atoms with E-state index in [0.717, 1.165) is 23.3 Å². The Bertz CT molecular complexity index is 1420. The Hall–Kier alpha value is -3.19. The van der Waals surface area contributed by atoms with E-state index in [1.54, 1.807) is 7.11 Å². The van der Waals surface area contributed by atoms with Crippen LogP contribution in [-0.4, -0.2) is 28.3 Å². The van der Waals surface area contributed by atoms with Crippen LogP contribution in [0.3, 0.4) is 0 Å². The Kier molecular flexibility index (Phi) is 8.09. The first-order valence-electron chi connectivity index (χ1n) is 12.6. The molecule has 0 saturated carbocycles. The molecule has 6 nitrogen and oxygen atoms in total. The summed E-state index contributed by atoms with van der Waals surface area (Å²) in [6, 6.07) is 13.9. The van der Waals surface area contributed by atoms with Crippen molar-refractivity contribution in [2.45, 2.75) is 65.2 Å². The third-order valence-corrected chi connectivity index (χ3v) is 7.14. The monoisotopic (exact) mass is 505 g/mol. The van der Waals surface area contributed by atoms with Crippen molar-refractivity contribution in [3.8, 4) is 22.9 Å². The zero-order chi connectivity index (χ0) is 25.7. The summed E-state index contributed by atoms with van der Waals surface area (Å²) in [5, 5.41) is 4.48. The molecule has 4 rings (SSSR count). The molecule has 2 aromatic carbocycles. The van der Waals surface area contributed by atoms with Crippen molar-refractivity contribution >= 4 is 22.4 Å². The van der Waals surface area contributed by atoms with Gasteiger partial charge in [-0.15, -0.1) is 5.10 Å². The van der Waals surface area contributed by atoms with Crippen molar-refractivity contribution in [1.29, 1.82) is 0 Å². The summed E-state index contributed by atoms with van der Waals surface area (Å²) in [6.07, 6.45) is 7.79. The lowest BCUT2D eigenvalue weighted by atomic mass is 9.87. The minimum absolute atomic E-state index is 0.0781. The van der Waals surface area contributed by atoms with Gasteiger partial charge in [-0.05, 0) is 41.2 Å². The molecule has 7 heteroatoms. The number of fused-ring (bicyclic) bond motifs is 1. The molecule has 0 aliphatic heterocycles. The minimum Gasteiger partial charge on any atom is -0.493 e. The van der Waals surface area contributed by atoms with E-state index in [0.29, 0.717) is 27.7 Å². The molecule has 4 aromatic rings. The van der Waals surface area contributed by atoms with E-state index in [-0.39, 0.29) is 11.0 Å². The van der Waals surface area contributed by atoms with Gasteiger partial charge in [-0.1, -0.05) is 95.0 Å². The highest BCUT2D eigenvalue weighted by Gasteiger charge is 2.16. The smallest absolute Gasteiger partial charge is 0.291 e. The van der Waals surface area contributed by atoms with Crippen LogP contribution in [0.2, 0.25) is 0 Å². The molecule has 36 heavy (non-hydrogen) atoms. The average molecular weight is 506 g/mol. The molecular weight excluding hydrogens is 470 g/mol. The third-order valence-electron chi connectivity index (χ3n) is 6.18. The van der Waals surface area contributed by atoms with Crippen LogP contribution in [0.5, 0.6) is 11.5 Å². The van der Waals surface area contributed by atoms with E-state index >= 15 is 0 Å². The van der Waals surface area contributed by atoms with Gasteiger partial charge in [0.1, 0.15) is 0 Å². The van der Waals surface area contributed by atoms with Crippen LogP contribution in [0, 0.1) is 0 Å². The molecule has 2 heterocycles. The second-order valence-electron chi connectivity index (χ2n) is 10.0. The van der Waals surface area contributed by atoms with Gasteiger partial charge in [0.2, 0.25) is 4.96 Å². The van der Waals surface area contributed by atoms with Gasteiger partial charge < -0.3 is 9.47 Å². The molecule has 2 aromatic heterocycles. The minimum atomic E-state index is -0.175. The van der Waals surface area contributed by atoms with E-state index in [1.165, 1.54) is 47.1 Å². The zero-order valence-corrected chi connectivity index (χ0v) is 22.7. The fourth-order valence-corrected chi connectivity index (χ4v) is 4.92. The molecule has 0 radical (unpaired) electrons. The number of aromatic nitrogens is 3. The normalized spacial score (nSPS) is 12.4. The molecule has 0 spiro atoms. The summed E-state index contributed by atoms with van der Waals surface area (Å²) in [5.41, 5.74) is 2.91. The van der Waals surface area contributed by atoms with Crippen LogP contribution in [0.4, 0.5) is 0 Å². The Balaban J connectivity index is 1.52. The summed E-state index contributed by atoms with van der Waals surface area (Å²) in [7, 11) is 1.63. The lowest BCUT2D eigenvalue weighted by Gasteiger charge is -2.18. The van der Waals surface area contributed by atoms with E-state index in [9.17, 15) is 4.79 Å². The predicted molar refractivity (Wildman–Crippen MR) is 147 cm³/mol. The summed E-state index contributed by atoms with van der Waals surface area (Å²) in [4.78, 5) is 18.2. The van der Waals surface area contributed by atoms with Crippen LogP contribution < -0.4 is 19.6 Å². The fourth-order valence-electron chi connectivity index (χ4n) is 4.01. The van der Waals surface area contributed by atoms with Gasteiger partial charge in [-0.3, -0.25) is 4.79 Å². The quantitative estimate of drug-likeness (QED) is 0.247. The molecule has 0 unspecified atom stereocenters. The number of benzene rings is 2. The number of methoxy groups -OCH3 is 1. The number of unbranched alkanes of at least 4 members (excludes halogenated alkanes) is 4. The number of hydrogen-bond acceptors (Lipinski definition) is 6. The lowest BCUT2D eigenvalue weighted by molar-refractivity contribution is 0.285. The summed E-state index contributed by atoms with van der Waals surface area (Å²) in [6.45, 7) is 9.42. The van der Waals surface area contributed by atoms with E-state index in [4.69, 9.17) is 9.47 Å². The van der Waals surface area contributed by atoms with Crippen molar-refractivity contribution < 1.29 is 9.47 Å². The highest BCUT2D eigenvalue weighted by atomic mass is 32.1. The maximum atomic E-state index is 13.0. The topological polar surface area (TPSA) is 65.7 Å². The van der Waals surface area contributed by atoms with Crippen LogP contribution in [-0.2, 0) is 5.41 Å². The fraction of sp³-hybridized carbons (Fsp3) is 0.414. The van der Waals surface area contributed by atoms with Crippen molar-refractivity contribution in [2.75, 3.05) is 13.7 Å². The number of rotatable bonds is 10. The maximum absolute atomic E-state index is 13.0. The van der Waals surface area contributed by atoms with Gasteiger partial charge in [0, 0.05) is 5.56 Å². The maximum Gasteiger partial charge on any atom is 0.291 e. The van der Waals surface area contributed by atoms with Gasteiger partial charge >= 0.3 is 0 Å². The van der Waals surface area contributed by atoms with Crippen LogP contribution >= 0.6 is 11.3 Å². The van der Waals surface area contributed by atoms with Gasteiger partial charge in [0.15, 0.2) is 17.3 Å². The number of thiazole rings is 1. The number of ether oxygens (including phenoxy) is 2. The molecule has 0 atom stereocenters. The zero-order valence-electron chi connectivity index (χ0n) is 21.8. The molecule has 0 aliphatic carbocycles. The number of nitrogens with zero attached hydrogens (tertiary/aromatic N) is 3. The molecule has 0 bridgehead atoms. The molecular formula is C29H35N3O3S. The number of hydrogen-bond donors (Lipinski definition) is 0. The van der Waals surface area contributed by atoms with Gasteiger partial charge in [-0.2, -0.15) is 9.50 Å². The molecule has 0 fully saturated rings. The first kappa shape index (κ1) is 25.9. The standard InChI is InChI=1S/C29H35N3O3S/c1-6-7-8-9-10-17-35-23-16-11-20(18-24(23)34-5)19-25-27(33)32-28(36-25)30-26(31-32)21-12-14-22(15-13-21)29(2,3)4/h11-16,18-19H,6-10,17H2,1-5H3/b25-19-. The van der Waals surface area contributed by atoms with Crippen molar-refractivity contribution in [1.82, 2.24) is 14.6 Å². The largest absolute Gasteiger partial charge is 0.493 e. The Labute approximate surface area is 216 Å². The van der Waals surface area contributed by atoms with Gasteiger partial charge in [0.25, 0.3) is 5.56 Å². The molecule has 0 saturated heterocycles. The van der Waals surface area contributed by atoms with E-state index in [2.05, 4.69) is 49.9 Å². The molecule has 0 aliphatic rings. The van der Waals surface area contributed by atoms with E-state index < -0.39 is 0 Å². The highest BCUT2D eigenvalue weighted by Crippen LogP contribution is 2.29. The van der Waals surface area contributed by atoms with Crippen molar-refractivity contribution in [3.63, 3.8) is 0 Å². The van der Waals surface area contributed by atoms with Crippen LogP contribution in [0.15, 0.2) is 47.3 Å². The summed E-state index contributed by atoms with van der Waals surface area (Å²) in [5.74, 6) is 1.94. The first-order valence-corrected chi connectivity index (χ1v) is 13.4. The third kappa shape index (κ3) is 5.95. The van der Waals surface area contributed by atoms with Gasteiger partial charge in [0.05, 0.1) is 18.2 Å². The molecule has 0 N–H and O–H groups in total. The Morgan fingerprint density at radius 1 is 1.00 bits per heavy atom. The second-order valence-corrected chi connectivity index (χ2v) is 11.1. The Morgan fingerprint density at radius 3 is 2.42 bits per heavy atom. The predicted octanol–water partition coefficient (Wildman–Crippen LogP) is 6.02.